The summed E-state index contributed by atoms with van der Waals surface area (Å²) in [4.78, 5) is 19.6. The quantitative estimate of drug-likeness (QED) is 0.572. The molecule has 4 atom stereocenters. The molecule has 3 aliphatic rings. The summed E-state index contributed by atoms with van der Waals surface area (Å²) in [6.07, 6.45) is 7.62. The van der Waals surface area contributed by atoms with E-state index >= 15 is 0 Å². The van der Waals surface area contributed by atoms with Gasteiger partial charge in [0.1, 0.15) is 11.4 Å². The third-order valence-electron chi connectivity index (χ3n) is 7.78. The Morgan fingerprint density at radius 3 is 2.91 bits per heavy atom. The van der Waals surface area contributed by atoms with Crippen LogP contribution in [0.25, 0.3) is 0 Å². The van der Waals surface area contributed by atoms with Crippen LogP contribution in [0.1, 0.15) is 54.3 Å². The number of hydrogen-bond acceptors (Lipinski definition) is 4. The predicted molar refractivity (Wildman–Crippen MR) is 129 cm³/mol. The summed E-state index contributed by atoms with van der Waals surface area (Å²) in [7, 11) is 0. The first-order chi connectivity index (χ1) is 16.5. The Morgan fingerprint density at radius 2 is 2.06 bits per heavy atom. The molecule has 0 saturated carbocycles. The summed E-state index contributed by atoms with van der Waals surface area (Å²) in [6, 6.07) is 16.2. The van der Waals surface area contributed by atoms with Gasteiger partial charge in [-0.05, 0) is 50.5 Å². The van der Waals surface area contributed by atoms with Gasteiger partial charge in [-0.15, -0.1) is 0 Å². The van der Waals surface area contributed by atoms with Gasteiger partial charge in [-0.1, -0.05) is 30.3 Å². The SMILES string of the molecule is CC1(C)Oc2ccccc2[C@H]2O[C@H]3CCN(C(=O)c4cccc(Cn5ccnc5)c4)C[C@H]3C[C@@H]21. The average Bonchev–Trinajstić information content (AvgIpc) is 3.35. The second-order valence-corrected chi connectivity index (χ2v) is 10.4. The number of fused-ring (bicyclic) bond motifs is 4. The van der Waals surface area contributed by atoms with Crippen LogP contribution in [0, 0.1) is 11.8 Å². The van der Waals surface area contributed by atoms with Crippen LogP contribution in [0.2, 0.25) is 0 Å². The van der Waals surface area contributed by atoms with Gasteiger partial charge in [0.2, 0.25) is 0 Å². The van der Waals surface area contributed by atoms with Crippen molar-refractivity contribution in [3.8, 4) is 5.75 Å². The summed E-state index contributed by atoms with van der Waals surface area (Å²) in [5, 5.41) is 0. The van der Waals surface area contributed by atoms with Crippen LogP contribution in [-0.2, 0) is 11.3 Å². The smallest absolute Gasteiger partial charge is 0.253 e. The lowest BCUT2D eigenvalue weighted by Gasteiger charge is -2.53. The zero-order valence-corrected chi connectivity index (χ0v) is 19.8. The van der Waals surface area contributed by atoms with E-state index in [1.54, 1.807) is 12.5 Å². The number of benzene rings is 2. The molecule has 34 heavy (non-hydrogen) atoms. The zero-order valence-electron chi connectivity index (χ0n) is 19.8. The normalized spacial score (nSPS) is 27.2. The van der Waals surface area contributed by atoms with Gasteiger partial charge in [0.05, 0.1) is 18.5 Å². The molecule has 0 aliphatic carbocycles. The minimum absolute atomic E-state index is 0.0586. The van der Waals surface area contributed by atoms with Crippen molar-refractivity contribution in [2.45, 2.75) is 51.0 Å². The van der Waals surface area contributed by atoms with Crippen molar-refractivity contribution in [2.75, 3.05) is 13.1 Å². The van der Waals surface area contributed by atoms with Gasteiger partial charge < -0.3 is 18.9 Å². The number of piperidine rings is 1. The van der Waals surface area contributed by atoms with Crippen LogP contribution in [0.5, 0.6) is 5.75 Å². The molecule has 6 heteroatoms. The third kappa shape index (κ3) is 3.80. The maximum absolute atomic E-state index is 13.4. The summed E-state index contributed by atoms with van der Waals surface area (Å²) in [5.74, 6) is 1.63. The average molecular weight is 458 g/mol. The largest absolute Gasteiger partial charge is 0.487 e. The van der Waals surface area contributed by atoms with Crippen LogP contribution < -0.4 is 4.74 Å². The van der Waals surface area contributed by atoms with Gasteiger partial charge in [-0.25, -0.2) is 4.98 Å². The van der Waals surface area contributed by atoms with Crippen molar-refractivity contribution in [2.24, 2.45) is 11.8 Å². The van der Waals surface area contributed by atoms with Gasteiger partial charge in [-0.3, -0.25) is 4.79 Å². The molecule has 0 N–H and O–H groups in total. The van der Waals surface area contributed by atoms with Crippen molar-refractivity contribution >= 4 is 5.91 Å². The predicted octanol–water partition coefficient (Wildman–Crippen LogP) is 4.71. The van der Waals surface area contributed by atoms with E-state index < -0.39 is 0 Å². The molecule has 0 spiro atoms. The molecular weight excluding hydrogens is 426 g/mol. The van der Waals surface area contributed by atoms with E-state index in [9.17, 15) is 4.79 Å². The molecule has 6 rings (SSSR count). The van der Waals surface area contributed by atoms with Gasteiger partial charge in [0.15, 0.2) is 0 Å². The Morgan fingerprint density at radius 1 is 1.18 bits per heavy atom. The molecule has 1 amide bonds. The molecule has 2 aromatic carbocycles. The molecule has 176 valence electrons. The summed E-state index contributed by atoms with van der Waals surface area (Å²) in [6.45, 7) is 6.50. The fraction of sp³-hybridized carbons (Fsp3) is 0.429. The molecule has 1 aromatic heterocycles. The van der Waals surface area contributed by atoms with Gasteiger partial charge in [-0.2, -0.15) is 0 Å². The van der Waals surface area contributed by atoms with Crippen LogP contribution >= 0.6 is 0 Å². The van der Waals surface area contributed by atoms with Gasteiger partial charge in [0.25, 0.3) is 5.91 Å². The lowest BCUT2D eigenvalue weighted by molar-refractivity contribution is -0.184. The van der Waals surface area contributed by atoms with E-state index in [0.717, 1.165) is 42.8 Å². The Bertz CT molecular complexity index is 1190. The molecule has 0 radical (unpaired) electrons. The number of hydrogen-bond donors (Lipinski definition) is 0. The summed E-state index contributed by atoms with van der Waals surface area (Å²) in [5.41, 5.74) is 2.71. The van der Waals surface area contributed by atoms with Gasteiger partial charge >= 0.3 is 0 Å². The molecular formula is C28H31N3O3. The van der Waals surface area contributed by atoms with Crippen molar-refractivity contribution in [3.63, 3.8) is 0 Å². The van der Waals surface area contributed by atoms with Crippen LogP contribution in [0.3, 0.4) is 0 Å². The number of carbonyl (C=O) groups is 1. The minimum Gasteiger partial charge on any atom is -0.487 e. The number of imidazole rings is 1. The Labute approximate surface area is 200 Å². The second-order valence-electron chi connectivity index (χ2n) is 10.4. The van der Waals surface area contributed by atoms with Crippen molar-refractivity contribution in [1.29, 1.82) is 0 Å². The molecule has 3 aliphatic heterocycles. The lowest BCUT2D eigenvalue weighted by atomic mass is 9.70. The lowest BCUT2D eigenvalue weighted by Crippen LogP contribution is -2.56. The maximum Gasteiger partial charge on any atom is 0.253 e. The monoisotopic (exact) mass is 457 g/mol. The highest BCUT2D eigenvalue weighted by Crippen LogP contribution is 2.52. The van der Waals surface area contributed by atoms with E-state index in [0.29, 0.717) is 12.5 Å². The zero-order chi connectivity index (χ0) is 23.3. The maximum atomic E-state index is 13.4. The molecule has 0 unspecified atom stereocenters. The second kappa shape index (κ2) is 8.27. The number of ether oxygens (including phenoxy) is 2. The van der Waals surface area contributed by atoms with Crippen LogP contribution in [0.4, 0.5) is 0 Å². The number of likely N-dealkylation sites (tertiary alicyclic amines) is 1. The number of aromatic nitrogens is 2. The molecule has 3 aromatic rings. The fourth-order valence-corrected chi connectivity index (χ4v) is 6.02. The molecule has 2 saturated heterocycles. The highest BCUT2D eigenvalue weighted by Gasteiger charge is 2.51. The molecule has 4 heterocycles. The summed E-state index contributed by atoms with van der Waals surface area (Å²) < 4.78 is 15.2. The fourth-order valence-electron chi connectivity index (χ4n) is 6.02. The Kier molecular flexibility index (Phi) is 5.21. The molecule has 2 fully saturated rings. The molecule has 0 bridgehead atoms. The topological polar surface area (TPSA) is 56.6 Å². The number of rotatable bonds is 3. The molecule has 6 nitrogen and oxygen atoms in total. The van der Waals surface area contributed by atoms with E-state index in [2.05, 4.69) is 37.0 Å². The van der Waals surface area contributed by atoms with Gasteiger partial charge in [0, 0.05) is 55.0 Å². The Hall–Kier alpha value is -3.12. The van der Waals surface area contributed by atoms with Crippen molar-refractivity contribution in [3.05, 3.63) is 83.9 Å². The van der Waals surface area contributed by atoms with Crippen LogP contribution in [-0.4, -0.2) is 45.2 Å². The van der Waals surface area contributed by atoms with E-state index in [4.69, 9.17) is 9.47 Å². The van der Waals surface area contributed by atoms with E-state index in [1.807, 2.05) is 46.0 Å². The first-order valence-electron chi connectivity index (χ1n) is 12.3. The number of para-hydroxylation sites is 1. The number of amides is 1. The number of nitrogens with zero attached hydrogens (tertiary/aromatic N) is 3. The van der Waals surface area contributed by atoms with Crippen molar-refractivity contribution in [1.82, 2.24) is 14.5 Å². The van der Waals surface area contributed by atoms with Crippen molar-refractivity contribution < 1.29 is 14.3 Å². The number of carbonyl (C=O) groups excluding carboxylic acids is 1. The third-order valence-corrected chi connectivity index (χ3v) is 7.78. The first kappa shape index (κ1) is 21.4. The van der Waals surface area contributed by atoms with E-state index in [1.165, 1.54) is 5.56 Å². The van der Waals surface area contributed by atoms with E-state index in [-0.39, 0.29) is 29.6 Å². The highest BCUT2D eigenvalue weighted by molar-refractivity contribution is 5.94. The summed E-state index contributed by atoms with van der Waals surface area (Å²) >= 11 is 0. The highest BCUT2D eigenvalue weighted by atomic mass is 16.5. The first-order valence-corrected chi connectivity index (χ1v) is 12.3. The standard InChI is InChI=1S/C28H31N3O3/c1-28(2)23-15-21-17-31(12-10-24(21)33-26(23)22-8-3-4-9-25(22)34-28)27(32)20-7-5-6-19(14-20)16-30-13-11-29-18-30/h3-9,11,13-14,18,21,23-24,26H,10,12,15-17H2,1-2H3/t21-,23+,24+,26-/m1/s1. The van der Waals surface area contributed by atoms with Crippen LogP contribution in [0.15, 0.2) is 67.3 Å². The Balaban J connectivity index is 1.18. The minimum atomic E-state index is -0.308.